The van der Waals surface area contributed by atoms with Crippen LogP contribution in [-0.4, -0.2) is 12.3 Å². The van der Waals surface area contributed by atoms with Crippen LogP contribution in [-0.2, 0) is 0 Å². The van der Waals surface area contributed by atoms with Gasteiger partial charge in [-0.15, -0.1) is 11.3 Å². The third-order valence-corrected chi connectivity index (χ3v) is 2.79. The zero-order valence-electron chi connectivity index (χ0n) is 5.90. The predicted molar refractivity (Wildman–Crippen MR) is 50.4 cm³/mol. The van der Waals surface area contributed by atoms with Gasteiger partial charge in [0.05, 0.1) is 15.2 Å². The van der Waals surface area contributed by atoms with Gasteiger partial charge in [-0.1, -0.05) is 5.11 Å². The Kier molecular flexibility index (Phi) is 3.28. The number of carbonyl (C=O) groups excluding carboxylic acids is 1. The molecular formula is C6H4BrN3OS. The van der Waals surface area contributed by atoms with E-state index >= 15 is 0 Å². The first-order chi connectivity index (χ1) is 5.74. The summed E-state index contributed by atoms with van der Waals surface area (Å²) in [4.78, 5) is 14.3. The highest BCUT2D eigenvalue weighted by Crippen LogP contribution is 2.22. The normalized spacial score (nSPS) is 9.08. The quantitative estimate of drug-likeness (QED) is 0.350. The minimum atomic E-state index is -0.150. The molecule has 0 bridgehead atoms. The van der Waals surface area contributed by atoms with Gasteiger partial charge in [-0.05, 0) is 33.6 Å². The molecule has 1 aromatic heterocycles. The number of Topliss-reactive ketones (excluding diaryl/α,β-unsaturated/α-hetero) is 1. The molecule has 0 N–H and O–H groups in total. The molecule has 0 aliphatic heterocycles. The van der Waals surface area contributed by atoms with Crippen molar-refractivity contribution in [3.8, 4) is 0 Å². The fourth-order valence-electron chi connectivity index (χ4n) is 0.638. The second-order valence-corrected chi connectivity index (χ2v) is 4.38. The smallest absolute Gasteiger partial charge is 0.178 e. The second-order valence-electron chi connectivity index (χ2n) is 1.92. The van der Waals surface area contributed by atoms with E-state index in [0.29, 0.717) is 4.88 Å². The third-order valence-electron chi connectivity index (χ3n) is 1.13. The summed E-state index contributed by atoms with van der Waals surface area (Å²) < 4.78 is 0.895. The zero-order valence-corrected chi connectivity index (χ0v) is 8.30. The number of carbonyl (C=O) groups is 1. The highest BCUT2D eigenvalue weighted by molar-refractivity contribution is 9.11. The van der Waals surface area contributed by atoms with Gasteiger partial charge in [-0.25, -0.2) is 0 Å². The maximum atomic E-state index is 11.1. The van der Waals surface area contributed by atoms with Crippen molar-refractivity contribution in [1.29, 1.82) is 0 Å². The van der Waals surface area contributed by atoms with Gasteiger partial charge in [0, 0.05) is 4.91 Å². The summed E-state index contributed by atoms with van der Waals surface area (Å²) >= 11 is 4.56. The summed E-state index contributed by atoms with van der Waals surface area (Å²) in [6.07, 6.45) is 0. The first kappa shape index (κ1) is 9.25. The molecule has 4 nitrogen and oxygen atoms in total. The fourth-order valence-corrected chi connectivity index (χ4v) is 1.95. The van der Waals surface area contributed by atoms with Crippen LogP contribution >= 0.6 is 27.3 Å². The molecule has 0 atom stereocenters. The molecule has 0 saturated carbocycles. The highest BCUT2D eigenvalue weighted by Gasteiger charge is 2.06. The van der Waals surface area contributed by atoms with Gasteiger partial charge < -0.3 is 0 Å². The van der Waals surface area contributed by atoms with Crippen molar-refractivity contribution in [2.24, 2.45) is 5.11 Å². The first-order valence-electron chi connectivity index (χ1n) is 3.03. The molecule has 0 aliphatic carbocycles. The van der Waals surface area contributed by atoms with Crippen LogP contribution < -0.4 is 0 Å². The molecule has 0 fully saturated rings. The maximum absolute atomic E-state index is 11.1. The zero-order chi connectivity index (χ0) is 8.97. The van der Waals surface area contributed by atoms with Crippen LogP contribution in [0.4, 0.5) is 0 Å². The summed E-state index contributed by atoms with van der Waals surface area (Å²) in [6.45, 7) is -0.108. The molecule has 62 valence electrons. The number of halogens is 1. The Labute approximate surface area is 81.0 Å². The lowest BCUT2D eigenvalue weighted by atomic mass is 10.3. The topological polar surface area (TPSA) is 65.8 Å². The lowest BCUT2D eigenvalue weighted by Crippen LogP contribution is -1.98. The molecular weight excluding hydrogens is 242 g/mol. The first-order valence-corrected chi connectivity index (χ1v) is 4.64. The maximum Gasteiger partial charge on any atom is 0.178 e. The lowest BCUT2D eigenvalue weighted by molar-refractivity contribution is 0.101. The minimum absolute atomic E-state index is 0.108. The molecule has 0 aromatic carbocycles. The van der Waals surface area contributed by atoms with E-state index in [1.54, 1.807) is 12.1 Å². The van der Waals surface area contributed by atoms with Crippen LogP contribution in [0, 0.1) is 0 Å². The molecule has 0 saturated heterocycles. The Morgan fingerprint density at radius 1 is 1.75 bits per heavy atom. The van der Waals surface area contributed by atoms with E-state index < -0.39 is 0 Å². The van der Waals surface area contributed by atoms with E-state index in [1.165, 1.54) is 11.3 Å². The second kappa shape index (κ2) is 4.25. The van der Waals surface area contributed by atoms with Crippen LogP contribution in [0.5, 0.6) is 0 Å². The van der Waals surface area contributed by atoms with Crippen molar-refractivity contribution in [3.05, 3.63) is 31.2 Å². The van der Waals surface area contributed by atoms with Gasteiger partial charge >= 0.3 is 0 Å². The average molecular weight is 246 g/mol. The molecule has 12 heavy (non-hydrogen) atoms. The molecule has 0 unspecified atom stereocenters. The number of hydrogen-bond donors (Lipinski definition) is 0. The van der Waals surface area contributed by atoms with Crippen molar-refractivity contribution >= 4 is 33.0 Å². The largest absolute Gasteiger partial charge is 0.293 e. The lowest BCUT2D eigenvalue weighted by Gasteiger charge is -1.87. The Morgan fingerprint density at radius 3 is 3.00 bits per heavy atom. The molecule has 0 aliphatic rings. The fraction of sp³-hybridized carbons (Fsp3) is 0.167. The van der Waals surface area contributed by atoms with Gasteiger partial charge in [-0.3, -0.25) is 4.79 Å². The molecule has 1 rings (SSSR count). The van der Waals surface area contributed by atoms with Gasteiger partial charge in [-0.2, -0.15) is 0 Å². The van der Waals surface area contributed by atoms with Gasteiger partial charge in [0.15, 0.2) is 5.78 Å². The standard InChI is InChI=1S/C6H4BrN3OS/c7-6-2-1-5(12-6)4(11)3-9-10-8/h1-2H,3H2. The summed E-state index contributed by atoms with van der Waals surface area (Å²) in [7, 11) is 0. The Morgan fingerprint density at radius 2 is 2.50 bits per heavy atom. The van der Waals surface area contributed by atoms with E-state index in [2.05, 4.69) is 26.0 Å². The van der Waals surface area contributed by atoms with E-state index in [9.17, 15) is 4.79 Å². The van der Waals surface area contributed by atoms with Crippen molar-refractivity contribution in [3.63, 3.8) is 0 Å². The molecule has 0 spiro atoms. The number of rotatable bonds is 3. The van der Waals surface area contributed by atoms with Gasteiger partial charge in [0.25, 0.3) is 0 Å². The molecule has 0 amide bonds. The SMILES string of the molecule is [N-]=[N+]=NCC(=O)c1ccc(Br)s1. The Hall–Kier alpha value is -0.840. The highest BCUT2D eigenvalue weighted by atomic mass is 79.9. The molecule has 1 heterocycles. The van der Waals surface area contributed by atoms with Crippen LogP contribution in [0.25, 0.3) is 10.4 Å². The third kappa shape index (κ3) is 2.34. The number of ketones is 1. The average Bonchev–Trinajstić information content (AvgIpc) is 2.47. The van der Waals surface area contributed by atoms with Gasteiger partial charge in [0.1, 0.15) is 0 Å². The van der Waals surface area contributed by atoms with Crippen LogP contribution in [0.1, 0.15) is 9.67 Å². The van der Waals surface area contributed by atoms with E-state index in [-0.39, 0.29) is 12.3 Å². The van der Waals surface area contributed by atoms with E-state index in [0.717, 1.165) is 3.79 Å². The Balaban J connectivity index is 2.71. The van der Waals surface area contributed by atoms with Crippen LogP contribution in [0.15, 0.2) is 21.0 Å². The number of azide groups is 1. The van der Waals surface area contributed by atoms with E-state index in [4.69, 9.17) is 5.53 Å². The van der Waals surface area contributed by atoms with E-state index in [1.807, 2.05) is 0 Å². The van der Waals surface area contributed by atoms with Crippen LogP contribution in [0.2, 0.25) is 0 Å². The monoisotopic (exact) mass is 245 g/mol. The summed E-state index contributed by atoms with van der Waals surface area (Å²) in [6, 6.07) is 3.48. The van der Waals surface area contributed by atoms with Crippen molar-refractivity contribution in [1.82, 2.24) is 0 Å². The van der Waals surface area contributed by atoms with Crippen molar-refractivity contribution in [2.75, 3.05) is 6.54 Å². The molecule has 6 heteroatoms. The number of thiophene rings is 1. The predicted octanol–water partition coefficient (Wildman–Crippen LogP) is 3.00. The summed E-state index contributed by atoms with van der Waals surface area (Å²) in [5, 5.41) is 3.18. The van der Waals surface area contributed by atoms with Crippen molar-refractivity contribution < 1.29 is 4.79 Å². The number of nitrogens with zero attached hydrogens (tertiary/aromatic N) is 3. The molecule has 1 aromatic rings. The number of hydrogen-bond acceptors (Lipinski definition) is 3. The molecule has 0 radical (unpaired) electrons. The van der Waals surface area contributed by atoms with Crippen molar-refractivity contribution in [2.45, 2.75) is 0 Å². The van der Waals surface area contributed by atoms with Gasteiger partial charge in [0.2, 0.25) is 0 Å². The van der Waals surface area contributed by atoms with Crippen LogP contribution in [0.3, 0.4) is 0 Å². The minimum Gasteiger partial charge on any atom is -0.293 e. The summed E-state index contributed by atoms with van der Waals surface area (Å²) in [5.74, 6) is -0.150. The summed E-state index contributed by atoms with van der Waals surface area (Å²) in [5.41, 5.74) is 7.97. The Bertz CT molecular complexity index is 342.